The van der Waals surface area contributed by atoms with Crippen LogP contribution < -0.4 is 5.32 Å². The first-order valence-electron chi connectivity index (χ1n) is 8.31. The van der Waals surface area contributed by atoms with Crippen LogP contribution in [0.15, 0.2) is 60.7 Å². The summed E-state index contributed by atoms with van der Waals surface area (Å²) in [7, 11) is 0. The number of hydrogen-bond donors (Lipinski definition) is 3. The van der Waals surface area contributed by atoms with Crippen LogP contribution >= 0.6 is 0 Å². The number of hydrogen-bond acceptors (Lipinski definition) is 3. The quantitative estimate of drug-likeness (QED) is 0.620. The molecular weight excluding hydrogens is 302 g/mol. The topological polar surface area (TPSA) is 69.6 Å². The molecule has 24 heavy (non-hydrogen) atoms. The molecule has 2 rings (SSSR count). The molecule has 4 heteroatoms. The Bertz CT molecular complexity index is 630. The Morgan fingerprint density at radius 1 is 1.08 bits per heavy atom. The number of nitrogens with one attached hydrogen (secondary N) is 1. The van der Waals surface area contributed by atoms with Crippen LogP contribution in [0, 0.1) is 0 Å². The van der Waals surface area contributed by atoms with Crippen molar-refractivity contribution in [2.75, 3.05) is 13.1 Å². The van der Waals surface area contributed by atoms with Gasteiger partial charge in [0.1, 0.15) is 5.92 Å². The molecule has 2 aromatic carbocycles. The summed E-state index contributed by atoms with van der Waals surface area (Å²) >= 11 is 0. The van der Waals surface area contributed by atoms with Gasteiger partial charge < -0.3 is 15.5 Å². The van der Waals surface area contributed by atoms with E-state index < -0.39 is 17.5 Å². The minimum Gasteiger partial charge on any atom is -0.481 e. The fourth-order valence-corrected chi connectivity index (χ4v) is 3.09. The molecule has 0 saturated heterocycles. The lowest BCUT2D eigenvalue weighted by molar-refractivity contribution is -0.146. The third-order valence-electron chi connectivity index (χ3n) is 4.25. The molecule has 4 nitrogen and oxygen atoms in total. The summed E-state index contributed by atoms with van der Waals surface area (Å²) in [6.07, 6.45) is 0.659. The van der Waals surface area contributed by atoms with Crippen LogP contribution in [-0.4, -0.2) is 34.9 Å². The molecule has 0 saturated carbocycles. The number of carbonyl (C=O) groups is 1. The summed E-state index contributed by atoms with van der Waals surface area (Å²) in [6.45, 7) is 3.34. The van der Waals surface area contributed by atoms with Crippen molar-refractivity contribution in [1.82, 2.24) is 5.32 Å². The van der Waals surface area contributed by atoms with Gasteiger partial charge in [0, 0.05) is 6.42 Å². The molecule has 0 aliphatic heterocycles. The van der Waals surface area contributed by atoms with Crippen molar-refractivity contribution in [2.24, 2.45) is 0 Å². The van der Waals surface area contributed by atoms with Gasteiger partial charge in [-0.2, -0.15) is 0 Å². The lowest BCUT2D eigenvalue weighted by atomic mass is 9.76. The number of rotatable bonds is 9. The highest BCUT2D eigenvalue weighted by Crippen LogP contribution is 2.34. The van der Waals surface area contributed by atoms with Crippen molar-refractivity contribution in [3.8, 4) is 0 Å². The maximum absolute atomic E-state index is 12.0. The first-order chi connectivity index (χ1) is 11.6. The molecule has 3 N–H and O–H groups in total. The van der Waals surface area contributed by atoms with E-state index in [4.69, 9.17) is 0 Å². The first-order valence-corrected chi connectivity index (χ1v) is 8.31. The second-order valence-corrected chi connectivity index (χ2v) is 6.05. The Balaban J connectivity index is 2.36. The summed E-state index contributed by atoms with van der Waals surface area (Å²) in [5, 5.41) is 24.4. The molecule has 0 heterocycles. The maximum Gasteiger partial charge on any atom is 0.313 e. The van der Waals surface area contributed by atoms with Crippen LogP contribution in [0.4, 0.5) is 0 Å². The zero-order chi connectivity index (χ0) is 17.4. The van der Waals surface area contributed by atoms with Crippen LogP contribution in [0.5, 0.6) is 0 Å². The second-order valence-electron chi connectivity index (χ2n) is 6.05. The van der Waals surface area contributed by atoms with E-state index in [1.54, 1.807) is 24.3 Å². The van der Waals surface area contributed by atoms with Gasteiger partial charge in [0.25, 0.3) is 0 Å². The van der Waals surface area contributed by atoms with Crippen LogP contribution in [-0.2, 0) is 11.2 Å². The Kier molecular flexibility index (Phi) is 6.53. The molecular formula is C20H25NO3. The van der Waals surface area contributed by atoms with E-state index in [1.165, 1.54) is 0 Å². The lowest BCUT2D eigenvalue weighted by Gasteiger charge is -2.34. The van der Waals surface area contributed by atoms with E-state index >= 15 is 0 Å². The maximum atomic E-state index is 12.0. The number of carboxylic acids is 1. The van der Waals surface area contributed by atoms with Crippen molar-refractivity contribution in [3.63, 3.8) is 0 Å². The highest BCUT2D eigenvalue weighted by Gasteiger charge is 2.42. The average molecular weight is 327 g/mol. The minimum absolute atomic E-state index is 0.297. The van der Waals surface area contributed by atoms with Gasteiger partial charge in [0.05, 0.1) is 5.60 Å². The van der Waals surface area contributed by atoms with E-state index in [0.29, 0.717) is 24.9 Å². The fraction of sp³-hybridized carbons (Fsp3) is 0.350. The molecule has 0 bridgehead atoms. The van der Waals surface area contributed by atoms with Crippen molar-refractivity contribution < 1.29 is 15.0 Å². The predicted octanol–water partition coefficient (Wildman–Crippen LogP) is 2.83. The third-order valence-corrected chi connectivity index (χ3v) is 4.25. The molecule has 0 aromatic heterocycles. The van der Waals surface area contributed by atoms with E-state index in [-0.39, 0.29) is 0 Å². The number of benzene rings is 2. The molecule has 0 spiro atoms. The highest BCUT2D eigenvalue weighted by atomic mass is 16.4. The molecule has 0 aliphatic carbocycles. The zero-order valence-electron chi connectivity index (χ0n) is 14.0. The summed E-state index contributed by atoms with van der Waals surface area (Å²) in [5.74, 6) is -1.98. The largest absolute Gasteiger partial charge is 0.481 e. The average Bonchev–Trinajstić information content (AvgIpc) is 2.56. The van der Waals surface area contributed by atoms with Gasteiger partial charge in [-0.05, 0) is 30.6 Å². The molecule has 128 valence electrons. The van der Waals surface area contributed by atoms with Gasteiger partial charge in [-0.25, -0.2) is 0 Å². The second kappa shape index (κ2) is 8.62. The van der Waals surface area contributed by atoms with E-state index in [1.807, 2.05) is 43.3 Å². The van der Waals surface area contributed by atoms with E-state index in [2.05, 4.69) is 5.32 Å². The van der Waals surface area contributed by atoms with Crippen LogP contribution in [0.25, 0.3) is 0 Å². The number of aliphatic carboxylic acids is 1. The molecule has 2 atom stereocenters. The minimum atomic E-state index is -1.36. The highest BCUT2D eigenvalue weighted by molar-refractivity contribution is 5.78. The smallest absolute Gasteiger partial charge is 0.313 e. The van der Waals surface area contributed by atoms with Crippen LogP contribution in [0.1, 0.15) is 30.4 Å². The number of carboxylic acid groups (broad SMARTS) is 1. The van der Waals surface area contributed by atoms with E-state index in [0.717, 1.165) is 12.1 Å². The van der Waals surface area contributed by atoms with E-state index in [9.17, 15) is 15.0 Å². The molecule has 0 radical (unpaired) electrons. The standard InChI is InChI=1S/C20H25NO3/c1-2-21-14-13-20(24,15-16-9-5-3-6-10-16)18(19(22)23)17-11-7-4-8-12-17/h3-12,18,21,24H,2,13-15H2,1H3,(H,22,23). The third kappa shape index (κ3) is 4.66. The van der Waals surface area contributed by atoms with Crippen molar-refractivity contribution >= 4 is 5.97 Å². The zero-order valence-corrected chi connectivity index (χ0v) is 14.0. The van der Waals surface area contributed by atoms with Gasteiger partial charge in [-0.15, -0.1) is 0 Å². The van der Waals surface area contributed by atoms with Gasteiger partial charge in [-0.3, -0.25) is 4.79 Å². The molecule has 2 aromatic rings. The normalized spacial score (nSPS) is 14.8. The lowest BCUT2D eigenvalue weighted by Crippen LogP contribution is -2.44. The SMILES string of the molecule is CCNCCC(O)(Cc1ccccc1)C(C(=O)O)c1ccccc1. The van der Waals surface area contributed by atoms with Crippen molar-refractivity contribution in [2.45, 2.75) is 31.3 Å². The predicted molar refractivity (Wildman–Crippen MR) is 95.1 cm³/mol. The Labute approximate surface area is 143 Å². The van der Waals surface area contributed by atoms with Crippen molar-refractivity contribution in [1.29, 1.82) is 0 Å². The molecule has 0 aliphatic rings. The molecule has 0 amide bonds. The van der Waals surface area contributed by atoms with Crippen LogP contribution in [0.3, 0.4) is 0 Å². The first kappa shape index (κ1) is 18.2. The number of aliphatic hydroxyl groups is 1. The summed E-state index contributed by atoms with van der Waals surface area (Å²) in [6, 6.07) is 18.5. The Hall–Kier alpha value is -2.17. The Morgan fingerprint density at radius 3 is 2.21 bits per heavy atom. The molecule has 2 unspecified atom stereocenters. The monoisotopic (exact) mass is 327 g/mol. The Morgan fingerprint density at radius 2 is 1.67 bits per heavy atom. The van der Waals surface area contributed by atoms with Crippen molar-refractivity contribution in [3.05, 3.63) is 71.8 Å². The van der Waals surface area contributed by atoms with Gasteiger partial charge >= 0.3 is 5.97 Å². The fourth-order valence-electron chi connectivity index (χ4n) is 3.09. The van der Waals surface area contributed by atoms with Gasteiger partial charge in [0.2, 0.25) is 0 Å². The van der Waals surface area contributed by atoms with Gasteiger partial charge in [-0.1, -0.05) is 67.6 Å². The summed E-state index contributed by atoms with van der Waals surface area (Å²) in [5.41, 5.74) is 0.190. The molecule has 0 fully saturated rings. The van der Waals surface area contributed by atoms with Gasteiger partial charge in [0.15, 0.2) is 0 Å². The summed E-state index contributed by atoms with van der Waals surface area (Å²) < 4.78 is 0. The summed E-state index contributed by atoms with van der Waals surface area (Å²) in [4.78, 5) is 12.0. The van der Waals surface area contributed by atoms with Crippen LogP contribution in [0.2, 0.25) is 0 Å².